The smallest absolute Gasteiger partial charge is 0.296 e. The molecular formula is C42H28Cl2N10O10S4. The molecule has 5 aromatic carbocycles. The van der Waals surface area contributed by atoms with Crippen LogP contribution in [0.25, 0.3) is 21.9 Å². The minimum absolute atomic E-state index is 0.00699. The highest BCUT2D eigenvalue weighted by Crippen LogP contribution is 2.49. The van der Waals surface area contributed by atoms with Gasteiger partial charge in [-0.15, -0.1) is 20.5 Å². The number of amides is 1. The van der Waals surface area contributed by atoms with Gasteiger partial charge in [0.05, 0.1) is 16.3 Å². The first-order valence-electron chi connectivity index (χ1n) is 18.9. The average Bonchev–Trinajstić information content (AvgIpc) is 3.62. The zero-order valence-electron chi connectivity index (χ0n) is 34.5. The standard InChI is InChI=1S/C42H28Cl2N10O10S4/c1-21-31(19-45)39(49-27-13-14-33(44)36(17-27)68(62,63)64)50-40(48-25-11-9-24(43)10-12-25)38(21)52-53-41-32(20-46)37(23-5-3-6-26(15-23)47-22(2)55)42(65-41)54-51-28-16-30-29(35(18-28)67(59,60)61)7-4-8-34(30)66(56,57)58/h3-18H,1-2H3,(H,47,55)(H2,48,49,50)(H,56,57,58)(H,59,60,61)(H,62,63,64)/b53-52?,54-51+. The van der Waals surface area contributed by atoms with Crippen molar-refractivity contribution in [2.75, 3.05) is 16.0 Å². The van der Waals surface area contributed by atoms with Crippen molar-refractivity contribution in [3.8, 4) is 23.3 Å². The van der Waals surface area contributed by atoms with Gasteiger partial charge in [-0.2, -0.15) is 35.8 Å². The molecule has 0 saturated carbocycles. The molecule has 0 aliphatic heterocycles. The van der Waals surface area contributed by atoms with Crippen molar-refractivity contribution in [3.63, 3.8) is 0 Å². The summed E-state index contributed by atoms with van der Waals surface area (Å²) in [7, 11) is -14.7. The quantitative estimate of drug-likeness (QED) is 0.0462. The van der Waals surface area contributed by atoms with E-state index in [1.807, 2.05) is 6.07 Å². The number of aromatic nitrogens is 1. The largest absolute Gasteiger partial charge is 0.339 e. The normalized spacial score (nSPS) is 12.0. The molecular weight excluding hydrogens is 1000 g/mol. The van der Waals surface area contributed by atoms with E-state index in [9.17, 15) is 54.2 Å². The van der Waals surface area contributed by atoms with Gasteiger partial charge in [-0.05, 0) is 85.3 Å². The summed E-state index contributed by atoms with van der Waals surface area (Å²) < 4.78 is 104. The van der Waals surface area contributed by atoms with Gasteiger partial charge in [0.15, 0.2) is 16.6 Å². The van der Waals surface area contributed by atoms with Crippen LogP contribution < -0.4 is 16.0 Å². The molecule has 2 aromatic heterocycles. The number of carbonyl (C=O) groups excluding carboxylic acids is 1. The number of nitriles is 2. The summed E-state index contributed by atoms with van der Waals surface area (Å²) in [5, 5.41) is 46.6. The Morgan fingerprint density at radius 1 is 0.662 bits per heavy atom. The third-order valence-corrected chi connectivity index (χ3v) is 13.9. The fraction of sp³-hybridized carbons (Fsp3) is 0.0476. The fourth-order valence-electron chi connectivity index (χ4n) is 6.60. The lowest BCUT2D eigenvalue weighted by atomic mass is 10.0. The number of hydrogen-bond donors (Lipinski definition) is 6. The van der Waals surface area contributed by atoms with Gasteiger partial charge in [-0.3, -0.25) is 18.5 Å². The van der Waals surface area contributed by atoms with E-state index in [0.717, 1.165) is 35.6 Å². The van der Waals surface area contributed by atoms with Crippen LogP contribution in [0, 0.1) is 29.6 Å². The summed E-state index contributed by atoms with van der Waals surface area (Å²) in [6.07, 6.45) is 0. The monoisotopic (exact) mass is 1030 g/mol. The molecule has 0 radical (unpaired) electrons. The first kappa shape index (κ1) is 48.7. The van der Waals surface area contributed by atoms with Crippen LogP contribution in [0.1, 0.15) is 23.6 Å². The predicted octanol–water partition coefficient (Wildman–Crippen LogP) is 11.3. The van der Waals surface area contributed by atoms with Gasteiger partial charge < -0.3 is 16.0 Å². The van der Waals surface area contributed by atoms with Crippen molar-refractivity contribution in [2.45, 2.75) is 28.5 Å². The van der Waals surface area contributed by atoms with Crippen molar-refractivity contribution >= 4 is 132 Å². The fourth-order valence-corrected chi connectivity index (χ4v) is 10.1. The Balaban J connectivity index is 1.42. The minimum atomic E-state index is -5.02. The SMILES string of the molecule is CC(=O)Nc1cccc(-c2c(/N=N/c3cc(S(=O)(=O)O)c4cccc(S(=O)(=O)O)c4c3)sc(N=Nc3c(Nc4ccc(Cl)cc4)nc(Nc4ccc(Cl)c(S(=O)(=O)O)c4)c(C#N)c3C)c2C#N)c1. The lowest BCUT2D eigenvalue weighted by Gasteiger charge is -2.16. The van der Waals surface area contributed by atoms with Gasteiger partial charge in [-0.1, -0.05) is 58.8 Å². The highest BCUT2D eigenvalue weighted by atomic mass is 35.5. The summed E-state index contributed by atoms with van der Waals surface area (Å²) >= 11 is 12.9. The maximum atomic E-state index is 12.5. The van der Waals surface area contributed by atoms with Crippen LogP contribution >= 0.6 is 34.5 Å². The van der Waals surface area contributed by atoms with E-state index >= 15 is 0 Å². The Morgan fingerprint density at radius 3 is 1.94 bits per heavy atom. The molecule has 6 N–H and O–H groups in total. The maximum Gasteiger partial charge on any atom is 0.296 e. The summed E-state index contributed by atoms with van der Waals surface area (Å²) in [5.74, 6) is -0.498. The van der Waals surface area contributed by atoms with Crippen LogP contribution in [0.2, 0.25) is 10.0 Å². The third kappa shape index (κ3) is 10.6. The second-order valence-electron chi connectivity index (χ2n) is 14.1. The van der Waals surface area contributed by atoms with Gasteiger partial charge in [0.2, 0.25) is 5.91 Å². The van der Waals surface area contributed by atoms with Gasteiger partial charge in [0.25, 0.3) is 30.4 Å². The van der Waals surface area contributed by atoms with Crippen molar-refractivity contribution in [1.29, 1.82) is 10.5 Å². The topological polar surface area (TPSA) is 326 Å². The summed E-state index contributed by atoms with van der Waals surface area (Å²) in [6.45, 7) is 2.81. The first-order chi connectivity index (χ1) is 32.0. The van der Waals surface area contributed by atoms with Crippen LogP contribution in [0.3, 0.4) is 0 Å². The molecule has 0 spiro atoms. The number of fused-ring (bicyclic) bond motifs is 1. The van der Waals surface area contributed by atoms with Crippen molar-refractivity contribution in [2.24, 2.45) is 20.5 Å². The molecule has 20 nitrogen and oxygen atoms in total. The number of pyridine rings is 1. The van der Waals surface area contributed by atoms with Crippen molar-refractivity contribution < 1.29 is 43.7 Å². The lowest BCUT2D eigenvalue weighted by molar-refractivity contribution is -0.114. The number of benzene rings is 5. The molecule has 0 aliphatic rings. The number of thiophene rings is 1. The molecule has 68 heavy (non-hydrogen) atoms. The molecule has 0 saturated heterocycles. The van der Waals surface area contributed by atoms with E-state index in [-0.39, 0.29) is 76.7 Å². The molecule has 0 atom stereocenters. The molecule has 344 valence electrons. The Bertz CT molecular complexity index is 3740. The van der Waals surface area contributed by atoms with E-state index in [1.54, 1.807) is 42.5 Å². The Morgan fingerprint density at radius 2 is 1.29 bits per heavy atom. The molecule has 0 aliphatic carbocycles. The number of nitrogens with one attached hydrogen (secondary N) is 3. The zero-order valence-corrected chi connectivity index (χ0v) is 39.2. The number of anilines is 5. The highest BCUT2D eigenvalue weighted by Gasteiger charge is 2.25. The lowest BCUT2D eigenvalue weighted by Crippen LogP contribution is -2.05. The van der Waals surface area contributed by atoms with Crippen LogP contribution in [0.5, 0.6) is 0 Å². The number of hydrogen-bond acceptors (Lipinski definition) is 17. The maximum absolute atomic E-state index is 12.5. The van der Waals surface area contributed by atoms with Gasteiger partial charge in [0, 0.05) is 50.9 Å². The third-order valence-electron chi connectivity index (χ3n) is 9.52. The molecule has 2 heterocycles. The van der Waals surface area contributed by atoms with Crippen molar-refractivity contribution in [1.82, 2.24) is 4.98 Å². The zero-order chi connectivity index (χ0) is 49.3. The van der Waals surface area contributed by atoms with Gasteiger partial charge in [-0.25, -0.2) is 4.98 Å². The number of azo groups is 2. The van der Waals surface area contributed by atoms with E-state index in [4.69, 9.17) is 23.2 Å². The average molecular weight is 1030 g/mol. The van der Waals surface area contributed by atoms with Crippen molar-refractivity contribution in [3.05, 3.63) is 124 Å². The predicted molar refractivity (Wildman–Crippen MR) is 254 cm³/mol. The number of carbonyl (C=O) groups is 1. The molecule has 0 bridgehead atoms. The minimum Gasteiger partial charge on any atom is -0.339 e. The van der Waals surface area contributed by atoms with Crippen LogP contribution in [0.4, 0.5) is 50.1 Å². The molecule has 0 unspecified atom stereocenters. The van der Waals surface area contributed by atoms with Crippen LogP contribution in [0.15, 0.2) is 132 Å². The first-order valence-corrected chi connectivity index (χ1v) is 24.8. The van der Waals surface area contributed by atoms with E-state index < -0.39 is 50.9 Å². The van der Waals surface area contributed by atoms with Gasteiger partial charge >= 0.3 is 0 Å². The summed E-state index contributed by atoms with van der Waals surface area (Å²) in [5.41, 5.74) is 0.919. The Hall–Kier alpha value is -7.23. The molecule has 7 aromatic rings. The van der Waals surface area contributed by atoms with Crippen LogP contribution in [-0.2, 0) is 35.1 Å². The Labute approximate surface area is 400 Å². The molecule has 1 amide bonds. The Kier molecular flexibility index (Phi) is 13.7. The second-order valence-corrected chi connectivity index (χ2v) is 20.1. The molecule has 7 rings (SSSR count). The van der Waals surface area contributed by atoms with E-state index in [0.29, 0.717) is 22.0 Å². The molecule has 0 fully saturated rings. The summed E-state index contributed by atoms with van der Waals surface area (Å²) in [6, 6.07) is 25.9. The number of rotatable bonds is 13. The van der Waals surface area contributed by atoms with Crippen LogP contribution in [-0.4, -0.2) is 49.8 Å². The van der Waals surface area contributed by atoms with E-state index in [2.05, 4.69) is 47.5 Å². The molecule has 26 heteroatoms. The number of halogens is 2. The second kappa shape index (κ2) is 19.2. The van der Waals surface area contributed by atoms with Gasteiger partial charge in [0.1, 0.15) is 43.1 Å². The van der Waals surface area contributed by atoms with E-state index in [1.165, 1.54) is 44.2 Å². The summed E-state index contributed by atoms with van der Waals surface area (Å²) in [4.78, 5) is 14.6. The number of nitrogens with zero attached hydrogens (tertiary/aromatic N) is 7. The highest BCUT2D eigenvalue weighted by molar-refractivity contribution is 7.86.